The number of hydrogen-bond acceptors (Lipinski definition) is 8. The fourth-order valence-electron chi connectivity index (χ4n) is 6.19. The number of rotatable bonds is 16. The average molecular weight is 652 g/mol. The van der Waals surface area contributed by atoms with Gasteiger partial charge in [0.15, 0.2) is 0 Å². The third kappa shape index (κ3) is 8.21. The molecule has 0 heterocycles. The number of methoxy groups -OCH3 is 1. The summed E-state index contributed by atoms with van der Waals surface area (Å²) in [6.07, 6.45) is 2.05. The van der Waals surface area contributed by atoms with Crippen LogP contribution >= 0.6 is 0 Å². The van der Waals surface area contributed by atoms with E-state index in [1.807, 2.05) is 60.7 Å². The first-order valence-corrected chi connectivity index (χ1v) is 17.2. The van der Waals surface area contributed by atoms with Crippen molar-refractivity contribution in [3.8, 4) is 0 Å². The highest BCUT2D eigenvalue weighted by atomic mass is 32.2. The predicted octanol–water partition coefficient (Wildman–Crippen LogP) is 4.25. The molecule has 1 aliphatic rings. The van der Waals surface area contributed by atoms with Crippen molar-refractivity contribution in [2.24, 2.45) is 11.7 Å². The van der Waals surface area contributed by atoms with Crippen LogP contribution in [-0.4, -0.2) is 78.2 Å². The van der Waals surface area contributed by atoms with E-state index in [-0.39, 0.29) is 24.0 Å². The highest BCUT2D eigenvalue weighted by Crippen LogP contribution is 2.39. The van der Waals surface area contributed by atoms with Crippen LogP contribution in [0.15, 0.2) is 89.8 Å². The number of carbonyl (C=O) groups is 2. The molecule has 0 spiro atoms. The normalized spacial score (nSPS) is 15.4. The lowest BCUT2D eigenvalue weighted by atomic mass is 9.84. The van der Waals surface area contributed by atoms with Gasteiger partial charge in [-0.15, -0.1) is 0 Å². The average Bonchev–Trinajstić information content (AvgIpc) is 3.93. The molecule has 0 unspecified atom stereocenters. The smallest absolute Gasteiger partial charge is 0.416 e. The Kier molecular flexibility index (Phi) is 12.5. The molecule has 0 aliphatic heterocycles. The highest BCUT2D eigenvalue weighted by molar-refractivity contribution is 7.89. The molecule has 2 amide bonds. The zero-order valence-electron chi connectivity index (χ0n) is 26.4. The molecule has 4 N–H and O–H groups in total. The van der Waals surface area contributed by atoms with Crippen molar-refractivity contribution < 1.29 is 33.0 Å². The van der Waals surface area contributed by atoms with Gasteiger partial charge in [-0.25, -0.2) is 18.1 Å². The minimum atomic E-state index is -3.93. The molecule has 0 aromatic heterocycles. The molecule has 46 heavy (non-hydrogen) atoms. The fraction of sp³-hybridized carbons (Fsp3) is 0.429. The summed E-state index contributed by atoms with van der Waals surface area (Å²) in [6.45, 7) is 1.26. The van der Waals surface area contributed by atoms with Crippen LogP contribution in [0.3, 0.4) is 0 Å². The monoisotopic (exact) mass is 651 g/mol. The Morgan fingerprint density at radius 2 is 1.48 bits per heavy atom. The van der Waals surface area contributed by atoms with Gasteiger partial charge in [0.2, 0.25) is 15.9 Å². The molecular formula is C35H45N3O7S. The Bertz CT molecular complexity index is 1480. The van der Waals surface area contributed by atoms with E-state index in [0.717, 1.165) is 24.0 Å². The number of sulfonamides is 1. The van der Waals surface area contributed by atoms with Gasteiger partial charge in [0.25, 0.3) is 0 Å². The van der Waals surface area contributed by atoms with E-state index in [9.17, 15) is 28.2 Å². The first-order valence-electron chi connectivity index (χ1n) is 15.8. The van der Waals surface area contributed by atoms with E-state index in [1.54, 1.807) is 19.1 Å². The van der Waals surface area contributed by atoms with Crippen LogP contribution in [0, 0.1) is 5.92 Å². The summed E-state index contributed by atoms with van der Waals surface area (Å²) in [6, 6.07) is 22.7. The van der Waals surface area contributed by atoms with Crippen LogP contribution in [0.1, 0.15) is 61.6 Å². The summed E-state index contributed by atoms with van der Waals surface area (Å²) in [5.74, 6) is -0.967. The van der Waals surface area contributed by atoms with Crippen LogP contribution in [0.25, 0.3) is 0 Å². The number of aliphatic hydroxyl groups is 2. The molecule has 0 radical (unpaired) electrons. The molecular weight excluding hydrogens is 606 g/mol. The number of imide groups is 1. The Hall–Kier alpha value is -3.61. The van der Waals surface area contributed by atoms with Crippen molar-refractivity contribution in [1.82, 2.24) is 9.21 Å². The number of aliphatic hydroxyl groups excluding tert-OH is 2. The van der Waals surface area contributed by atoms with E-state index >= 15 is 0 Å². The summed E-state index contributed by atoms with van der Waals surface area (Å²) in [5, 5.41) is 19.6. The minimum absolute atomic E-state index is 0.0729. The first kappa shape index (κ1) is 35.2. The van der Waals surface area contributed by atoms with Gasteiger partial charge in [0.05, 0.1) is 31.3 Å². The van der Waals surface area contributed by atoms with Crippen molar-refractivity contribution >= 4 is 22.0 Å². The number of ether oxygens (including phenoxy) is 1. The van der Waals surface area contributed by atoms with E-state index in [4.69, 9.17) is 10.5 Å². The second kappa shape index (κ2) is 16.3. The largest absolute Gasteiger partial charge is 0.452 e. The number of amides is 2. The molecule has 1 aliphatic carbocycles. The highest BCUT2D eigenvalue weighted by Gasteiger charge is 2.44. The van der Waals surface area contributed by atoms with Crippen molar-refractivity contribution in [3.05, 3.63) is 102 Å². The summed E-state index contributed by atoms with van der Waals surface area (Å²) in [4.78, 5) is 28.7. The Morgan fingerprint density at radius 3 is 1.93 bits per heavy atom. The van der Waals surface area contributed by atoms with Crippen molar-refractivity contribution in [3.63, 3.8) is 0 Å². The number of nitrogens with zero attached hydrogens (tertiary/aromatic N) is 2. The van der Waals surface area contributed by atoms with Crippen LogP contribution in [-0.2, 0) is 26.2 Å². The summed E-state index contributed by atoms with van der Waals surface area (Å²) < 4.78 is 33.4. The first-order chi connectivity index (χ1) is 22.2. The quantitative estimate of drug-likeness (QED) is 0.208. The second-order valence-electron chi connectivity index (χ2n) is 11.7. The third-order valence-corrected chi connectivity index (χ3v) is 10.8. The van der Waals surface area contributed by atoms with E-state index in [0.29, 0.717) is 24.8 Å². The fourth-order valence-corrected chi connectivity index (χ4v) is 7.85. The van der Waals surface area contributed by atoms with Gasteiger partial charge in [-0.05, 0) is 66.8 Å². The van der Waals surface area contributed by atoms with Gasteiger partial charge in [-0.1, -0.05) is 79.7 Å². The molecule has 0 saturated heterocycles. The van der Waals surface area contributed by atoms with E-state index in [2.05, 4.69) is 0 Å². The number of nitrogens with two attached hydrogens (primary N) is 1. The van der Waals surface area contributed by atoms with Gasteiger partial charge < -0.3 is 20.7 Å². The maximum absolute atomic E-state index is 14.2. The van der Waals surface area contributed by atoms with Gasteiger partial charge in [-0.2, -0.15) is 4.31 Å². The van der Waals surface area contributed by atoms with Crippen molar-refractivity contribution in [1.29, 1.82) is 0 Å². The summed E-state index contributed by atoms with van der Waals surface area (Å²) >= 11 is 0. The molecule has 10 nitrogen and oxygen atoms in total. The third-order valence-electron chi connectivity index (χ3n) is 8.75. The number of hydrogen-bond donors (Lipinski definition) is 3. The van der Waals surface area contributed by atoms with Crippen LogP contribution in [0.2, 0.25) is 0 Å². The molecule has 1 saturated carbocycles. The number of likely N-dealkylation sites (N-methyl/N-ethyl adjacent to an activating group) is 1. The Morgan fingerprint density at radius 1 is 0.913 bits per heavy atom. The SMILES string of the molecule is CCN([C@H](CO)CCC[C@H](C1CC1)N(C(=O)OC)C(=O)[C@@H](N)C(c1ccccc1)c1ccccc1)S(=O)(=O)c1ccc(CO)cc1. The second-order valence-corrected chi connectivity index (χ2v) is 13.6. The van der Waals surface area contributed by atoms with Crippen LogP contribution in [0.4, 0.5) is 4.79 Å². The maximum atomic E-state index is 14.2. The zero-order chi connectivity index (χ0) is 33.3. The Labute approximate surface area is 271 Å². The molecule has 11 heteroatoms. The van der Waals surface area contributed by atoms with Crippen molar-refractivity contribution in [2.45, 2.75) is 74.6 Å². The number of benzene rings is 3. The molecule has 0 bridgehead atoms. The van der Waals surface area contributed by atoms with Gasteiger partial charge in [-0.3, -0.25) is 4.79 Å². The lowest BCUT2D eigenvalue weighted by Gasteiger charge is -2.34. The molecule has 3 aromatic carbocycles. The van der Waals surface area contributed by atoms with Gasteiger partial charge >= 0.3 is 6.09 Å². The molecule has 4 rings (SSSR count). The van der Waals surface area contributed by atoms with Crippen LogP contribution < -0.4 is 5.73 Å². The standard InChI is InChI=1S/C35H45N3O7S/c1-3-37(46(43,44)30-21-17-25(23-39)18-22-30)29(24-40)15-10-16-31(26-19-20-26)38(35(42)45-2)34(41)33(36)32(27-11-6-4-7-12-27)28-13-8-5-9-14-28/h4-9,11-14,17-18,21-22,26,29,31-33,39-40H,3,10,15-16,19-20,23-24,36H2,1-2H3/t29-,31+,33-/m0/s1. The molecule has 1 fully saturated rings. The predicted molar refractivity (Wildman–Crippen MR) is 175 cm³/mol. The topological polar surface area (TPSA) is 150 Å². The summed E-state index contributed by atoms with van der Waals surface area (Å²) in [5.41, 5.74) is 9.02. The zero-order valence-corrected chi connectivity index (χ0v) is 27.3. The van der Waals surface area contributed by atoms with Gasteiger partial charge in [0, 0.05) is 24.5 Å². The maximum Gasteiger partial charge on any atom is 0.416 e. The van der Waals surface area contributed by atoms with Crippen LogP contribution in [0.5, 0.6) is 0 Å². The summed E-state index contributed by atoms with van der Waals surface area (Å²) in [7, 11) is -2.69. The number of carbonyl (C=O) groups excluding carboxylic acids is 2. The minimum Gasteiger partial charge on any atom is -0.452 e. The van der Waals surface area contributed by atoms with Crippen molar-refractivity contribution in [2.75, 3.05) is 20.3 Å². The lowest BCUT2D eigenvalue weighted by molar-refractivity contribution is -0.133. The van der Waals surface area contributed by atoms with Gasteiger partial charge in [0.1, 0.15) is 0 Å². The molecule has 3 aromatic rings. The molecule has 248 valence electrons. The Balaban J connectivity index is 1.54. The van der Waals surface area contributed by atoms with E-state index < -0.39 is 52.7 Å². The van der Waals surface area contributed by atoms with E-state index in [1.165, 1.54) is 28.4 Å². The molecule has 3 atom stereocenters. The lowest BCUT2D eigenvalue weighted by Crippen LogP contribution is -2.54.